The average Bonchev–Trinajstić information content (AvgIpc) is 3.57. The molecule has 1 nitrogen and oxygen atoms in total. The highest BCUT2D eigenvalue weighted by molar-refractivity contribution is 7.26. The molecular weight excluding hydrogens is 502 g/mol. The van der Waals surface area contributed by atoms with Crippen molar-refractivity contribution < 1.29 is 0 Å². The lowest BCUT2D eigenvalue weighted by Crippen LogP contribution is -2.04. The van der Waals surface area contributed by atoms with E-state index in [4.69, 9.17) is 0 Å². The molecule has 0 amide bonds. The van der Waals surface area contributed by atoms with Crippen molar-refractivity contribution in [3.05, 3.63) is 139 Å². The van der Waals surface area contributed by atoms with E-state index in [1.54, 1.807) is 0 Å². The predicted octanol–water partition coefficient (Wildman–Crippen LogP) is 10.6. The quantitative estimate of drug-likeness (QED) is 0.211. The first-order valence-electron chi connectivity index (χ1n) is 14.0. The Labute approximate surface area is 236 Å². The van der Waals surface area contributed by atoms with Gasteiger partial charge in [-0.05, 0) is 76.6 Å². The zero-order valence-electron chi connectivity index (χ0n) is 21.9. The lowest BCUT2D eigenvalue weighted by Gasteiger charge is -2.21. The summed E-state index contributed by atoms with van der Waals surface area (Å²) >= 11 is 1.89. The van der Waals surface area contributed by atoms with E-state index in [0.29, 0.717) is 0 Å². The molecule has 0 radical (unpaired) electrons. The molecule has 0 fully saturated rings. The van der Waals surface area contributed by atoms with E-state index in [9.17, 15) is 0 Å². The maximum absolute atomic E-state index is 2.45. The third-order valence-electron chi connectivity index (χ3n) is 8.72. The number of fused-ring (bicyclic) bond motifs is 10. The van der Waals surface area contributed by atoms with Crippen molar-refractivity contribution in [2.24, 2.45) is 0 Å². The molecule has 0 spiro atoms. The smallest absolute Gasteiger partial charge is 0.0547 e. The number of hydrogen-bond acceptors (Lipinski definition) is 1. The third kappa shape index (κ3) is 3.08. The number of nitrogens with zero attached hydrogens (tertiary/aromatic N) is 1. The van der Waals surface area contributed by atoms with Crippen LogP contribution in [0, 0.1) is 0 Å². The van der Waals surface area contributed by atoms with Gasteiger partial charge in [-0.1, -0.05) is 97.1 Å². The minimum absolute atomic E-state index is 1.10. The molecule has 188 valence electrons. The van der Waals surface area contributed by atoms with Crippen LogP contribution in [0.3, 0.4) is 0 Å². The molecule has 0 saturated carbocycles. The Bertz CT molecular complexity index is 2260. The Morgan fingerprint density at radius 2 is 1.23 bits per heavy atom. The van der Waals surface area contributed by atoms with E-state index in [-0.39, 0.29) is 0 Å². The number of aryl methyl sites for hydroxylation is 2. The van der Waals surface area contributed by atoms with Crippen LogP contribution < -0.4 is 0 Å². The van der Waals surface area contributed by atoms with Crippen molar-refractivity contribution in [2.45, 2.75) is 12.8 Å². The van der Waals surface area contributed by atoms with Crippen molar-refractivity contribution in [3.63, 3.8) is 0 Å². The van der Waals surface area contributed by atoms with Crippen molar-refractivity contribution in [3.8, 4) is 27.9 Å². The molecule has 40 heavy (non-hydrogen) atoms. The van der Waals surface area contributed by atoms with Crippen LogP contribution in [0.15, 0.2) is 127 Å². The van der Waals surface area contributed by atoms with Gasteiger partial charge in [0, 0.05) is 36.6 Å². The van der Waals surface area contributed by atoms with Crippen LogP contribution in [0.1, 0.15) is 11.1 Å². The number of aromatic nitrogens is 1. The lowest BCUT2D eigenvalue weighted by molar-refractivity contribution is 0.945. The summed E-state index contributed by atoms with van der Waals surface area (Å²) in [5, 5.41) is 5.38. The second-order valence-corrected chi connectivity index (χ2v) is 11.9. The van der Waals surface area contributed by atoms with Gasteiger partial charge in [0.2, 0.25) is 0 Å². The molecule has 2 heterocycles. The molecule has 0 aliphatic heterocycles. The molecule has 0 N–H and O–H groups in total. The summed E-state index contributed by atoms with van der Waals surface area (Å²) in [7, 11) is 0. The van der Waals surface area contributed by atoms with Gasteiger partial charge in [0.15, 0.2) is 0 Å². The van der Waals surface area contributed by atoms with Gasteiger partial charge in [0.25, 0.3) is 0 Å². The highest BCUT2D eigenvalue weighted by Gasteiger charge is 2.23. The Balaban J connectivity index is 1.25. The van der Waals surface area contributed by atoms with Crippen molar-refractivity contribution in [1.82, 2.24) is 4.57 Å². The summed E-state index contributed by atoms with van der Waals surface area (Å²) in [6, 6.07) is 47.2. The minimum atomic E-state index is 1.10. The minimum Gasteiger partial charge on any atom is -0.309 e. The molecule has 2 heteroatoms. The third-order valence-corrected chi connectivity index (χ3v) is 9.94. The summed E-state index contributed by atoms with van der Waals surface area (Å²) in [6.45, 7) is 0. The Kier molecular flexibility index (Phi) is 4.67. The standard InChI is InChI=1S/C38H25NS/c1-2-9-28-24(8-1)16-17-26-20-23-34-37(36(26)28)32-11-3-5-14-33(32)39(34)27-21-18-25(19-22-27)29-12-7-13-31-30-10-4-6-15-35(30)40-38(29)31/h1-15,18-23H,16-17H2. The molecule has 8 aromatic rings. The van der Waals surface area contributed by atoms with E-state index in [0.717, 1.165) is 12.8 Å². The summed E-state index contributed by atoms with van der Waals surface area (Å²) in [6.07, 6.45) is 2.21. The molecule has 1 aliphatic carbocycles. The summed E-state index contributed by atoms with van der Waals surface area (Å²) in [5.74, 6) is 0. The molecule has 9 rings (SSSR count). The topological polar surface area (TPSA) is 4.93 Å². The van der Waals surface area contributed by atoms with Gasteiger partial charge in [-0.2, -0.15) is 0 Å². The first-order valence-corrected chi connectivity index (χ1v) is 14.8. The van der Waals surface area contributed by atoms with Crippen LogP contribution in [0.2, 0.25) is 0 Å². The normalized spacial score (nSPS) is 12.8. The van der Waals surface area contributed by atoms with E-state index < -0.39 is 0 Å². The van der Waals surface area contributed by atoms with Crippen LogP contribution in [0.4, 0.5) is 0 Å². The largest absolute Gasteiger partial charge is 0.309 e. The average molecular weight is 528 g/mol. The Hall–Kier alpha value is -4.66. The van der Waals surface area contributed by atoms with Crippen molar-refractivity contribution in [2.75, 3.05) is 0 Å². The zero-order chi connectivity index (χ0) is 26.2. The summed E-state index contributed by atoms with van der Waals surface area (Å²) < 4.78 is 5.15. The highest BCUT2D eigenvalue weighted by Crippen LogP contribution is 2.44. The zero-order valence-corrected chi connectivity index (χ0v) is 22.7. The highest BCUT2D eigenvalue weighted by atomic mass is 32.1. The second kappa shape index (κ2) is 8.42. The van der Waals surface area contributed by atoms with Gasteiger partial charge in [-0.15, -0.1) is 11.3 Å². The maximum atomic E-state index is 2.45. The van der Waals surface area contributed by atoms with E-state index >= 15 is 0 Å². The van der Waals surface area contributed by atoms with Gasteiger partial charge >= 0.3 is 0 Å². The van der Waals surface area contributed by atoms with Gasteiger partial charge in [-0.25, -0.2) is 0 Å². The molecule has 0 unspecified atom stereocenters. The van der Waals surface area contributed by atoms with Gasteiger partial charge in [-0.3, -0.25) is 0 Å². The number of thiophene rings is 1. The van der Waals surface area contributed by atoms with Crippen LogP contribution in [0.5, 0.6) is 0 Å². The van der Waals surface area contributed by atoms with Crippen molar-refractivity contribution in [1.29, 1.82) is 0 Å². The van der Waals surface area contributed by atoms with Crippen LogP contribution >= 0.6 is 11.3 Å². The molecular formula is C38H25NS. The van der Waals surface area contributed by atoms with Crippen LogP contribution in [-0.2, 0) is 12.8 Å². The number of hydrogen-bond donors (Lipinski definition) is 0. The SMILES string of the molecule is c1ccc2c(c1)CCc1ccc3c(c1-2)c1ccccc1n3-c1ccc(-c2cccc3c2sc2ccccc23)cc1. The summed E-state index contributed by atoms with van der Waals surface area (Å²) in [5.41, 5.74) is 12.0. The molecule has 6 aromatic carbocycles. The maximum Gasteiger partial charge on any atom is 0.0547 e. The van der Waals surface area contributed by atoms with Gasteiger partial charge < -0.3 is 4.57 Å². The first-order chi connectivity index (χ1) is 19.8. The molecule has 0 atom stereocenters. The van der Waals surface area contributed by atoms with Crippen LogP contribution in [-0.4, -0.2) is 4.57 Å². The number of benzene rings is 6. The lowest BCUT2D eigenvalue weighted by atomic mass is 9.83. The fraction of sp³-hybridized carbons (Fsp3) is 0.0526. The second-order valence-electron chi connectivity index (χ2n) is 10.8. The fourth-order valence-electron chi connectivity index (χ4n) is 6.91. The number of rotatable bonds is 2. The van der Waals surface area contributed by atoms with Gasteiger partial charge in [0.05, 0.1) is 11.0 Å². The summed E-state index contributed by atoms with van der Waals surface area (Å²) in [4.78, 5) is 0. The molecule has 2 aromatic heterocycles. The van der Waals surface area contributed by atoms with E-state index in [1.807, 2.05) is 11.3 Å². The van der Waals surface area contributed by atoms with Crippen LogP contribution in [0.25, 0.3) is 69.9 Å². The van der Waals surface area contributed by atoms with Gasteiger partial charge in [0.1, 0.15) is 0 Å². The fourth-order valence-corrected chi connectivity index (χ4v) is 8.15. The number of para-hydroxylation sites is 1. The molecule has 0 saturated heterocycles. The predicted molar refractivity (Wildman–Crippen MR) is 172 cm³/mol. The molecule has 1 aliphatic rings. The van der Waals surface area contributed by atoms with E-state index in [2.05, 4.69) is 132 Å². The van der Waals surface area contributed by atoms with E-state index in [1.165, 1.54) is 81.0 Å². The Morgan fingerprint density at radius 1 is 0.500 bits per heavy atom. The van der Waals surface area contributed by atoms with Crippen molar-refractivity contribution >= 4 is 53.3 Å². The molecule has 0 bridgehead atoms. The monoisotopic (exact) mass is 527 g/mol. The first kappa shape index (κ1) is 22.2. The Morgan fingerprint density at radius 3 is 2.15 bits per heavy atom.